The summed E-state index contributed by atoms with van der Waals surface area (Å²) in [6.07, 6.45) is 1.75. The lowest BCUT2D eigenvalue weighted by Crippen LogP contribution is -2.40. The number of non-ortho nitro benzene ring substituents is 1. The first-order valence-corrected chi connectivity index (χ1v) is 8.36. The number of nitrogens with two attached hydrogens (primary N) is 1. The largest absolute Gasteiger partial charge is 0.460 e. The highest BCUT2D eigenvalue weighted by Gasteiger charge is 2.24. The summed E-state index contributed by atoms with van der Waals surface area (Å²) in [6.45, 7) is 2.09. The Morgan fingerprint density at radius 1 is 1.40 bits per heavy atom. The number of carbonyl (C=O) groups is 1. The molecule has 0 unspecified atom stereocenters. The Morgan fingerprint density at radius 3 is 2.88 bits per heavy atom. The van der Waals surface area contributed by atoms with E-state index in [9.17, 15) is 14.9 Å². The van der Waals surface area contributed by atoms with Crippen molar-refractivity contribution in [3.8, 4) is 11.3 Å². The molecule has 132 valence electrons. The van der Waals surface area contributed by atoms with Crippen LogP contribution in [-0.4, -0.2) is 28.8 Å². The molecule has 0 radical (unpaired) electrons. The SMILES string of the molecule is NC(=O)[C@@H]1CCCN(Cc2ccc(-c3ccc([N+](=O)[O-])cc3Cl)o2)C1. The molecule has 1 atom stereocenters. The summed E-state index contributed by atoms with van der Waals surface area (Å²) in [5, 5.41) is 11.1. The van der Waals surface area contributed by atoms with Crippen molar-refractivity contribution in [3.63, 3.8) is 0 Å². The number of nitro benzene ring substituents is 1. The number of likely N-dealkylation sites (tertiary alicyclic amines) is 1. The van der Waals surface area contributed by atoms with Crippen molar-refractivity contribution in [2.45, 2.75) is 19.4 Å². The van der Waals surface area contributed by atoms with Gasteiger partial charge in [-0.15, -0.1) is 0 Å². The van der Waals surface area contributed by atoms with Crippen molar-refractivity contribution in [3.05, 3.63) is 51.2 Å². The number of furan rings is 1. The standard InChI is InChI=1S/C17H18ClN3O4/c18-15-8-12(21(23)24)3-5-14(15)16-6-4-13(25-16)10-20-7-1-2-11(9-20)17(19)22/h3-6,8,11H,1-2,7,9-10H2,(H2,19,22)/t11-/m1/s1. The van der Waals surface area contributed by atoms with E-state index in [1.54, 1.807) is 12.1 Å². The molecule has 1 saturated heterocycles. The van der Waals surface area contributed by atoms with Gasteiger partial charge in [-0.3, -0.25) is 19.8 Å². The number of rotatable bonds is 5. The minimum atomic E-state index is -0.491. The number of nitrogens with zero attached hydrogens (tertiary/aromatic N) is 2. The lowest BCUT2D eigenvalue weighted by atomic mass is 9.97. The van der Waals surface area contributed by atoms with Crippen LogP contribution >= 0.6 is 11.6 Å². The molecule has 1 amide bonds. The molecule has 1 aromatic heterocycles. The maximum atomic E-state index is 11.4. The number of carbonyl (C=O) groups excluding carboxylic acids is 1. The van der Waals surface area contributed by atoms with Crippen LogP contribution in [0.3, 0.4) is 0 Å². The van der Waals surface area contributed by atoms with Gasteiger partial charge in [0.2, 0.25) is 5.91 Å². The molecule has 3 rings (SSSR count). The van der Waals surface area contributed by atoms with Crippen LogP contribution in [0.4, 0.5) is 5.69 Å². The van der Waals surface area contributed by atoms with Gasteiger partial charge in [-0.25, -0.2) is 0 Å². The second-order valence-electron chi connectivity index (χ2n) is 6.16. The van der Waals surface area contributed by atoms with Crippen LogP contribution in [0.1, 0.15) is 18.6 Å². The van der Waals surface area contributed by atoms with Gasteiger partial charge in [0, 0.05) is 24.2 Å². The van der Waals surface area contributed by atoms with Gasteiger partial charge in [0.25, 0.3) is 5.69 Å². The summed E-state index contributed by atoms with van der Waals surface area (Å²) in [7, 11) is 0. The van der Waals surface area contributed by atoms with Crippen LogP contribution < -0.4 is 5.73 Å². The molecule has 7 nitrogen and oxygen atoms in total. The molecule has 0 saturated carbocycles. The zero-order chi connectivity index (χ0) is 18.0. The van der Waals surface area contributed by atoms with E-state index in [1.807, 2.05) is 6.07 Å². The Morgan fingerprint density at radius 2 is 2.20 bits per heavy atom. The van der Waals surface area contributed by atoms with Gasteiger partial charge in [-0.2, -0.15) is 0 Å². The Bertz CT molecular complexity index is 805. The second kappa shape index (κ2) is 7.25. The summed E-state index contributed by atoms with van der Waals surface area (Å²) < 4.78 is 5.84. The Labute approximate surface area is 149 Å². The van der Waals surface area contributed by atoms with Gasteiger partial charge in [0.05, 0.1) is 22.4 Å². The number of amides is 1. The zero-order valence-electron chi connectivity index (χ0n) is 13.5. The minimum absolute atomic E-state index is 0.0636. The van der Waals surface area contributed by atoms with Gasteiger partial charge in [0.1, 0.15) is 11.5 Å². The maximum Gasteiger partial charge on any atom is 0.270 e. The van der Waals surface area contributed by atoms with Crippen molar-refractivity contribution < 1.29 is 14.1 Å². The highest BCUT2D eigenvalue weighted by Crippen LogP contribution is 2.32. The number of primary amides is 1. The fraction of sp³-hybridized carbons (Fsp3) is 0.353. The third kappa shape index (κ3) is 4.00. The van der Waals surface area contributed by atoms with E-state index < -0.39 is 4.92 Å². The molecule has 2 heterocycles. The van der Waals surface area contributed by atoms with Crippen molar-refractivity contribution in [2.24, 2.45) is 11.7 Å². The molecule has 1 aliphatic rings. The highest BCUT2D eigenvalue weighted by atomic mass is 35.5. The fourth-order valence-corrected chi connectivity index (χ4v) is 3.34. The minimum Gasteiger partial charge on any atom is -0.460 e. The van der Waals surface area contributed by atoms with Crippen molar-refractivity contribution in [2.75, 3.05) is 13.1 Å². The molecule has 2 aromatic rings. The summed E-state index contributed by atoms with van der Waals surface area (Å²) in [4.78, 5) is 23.8. The maximum absolute atomic E-state index is 11.4. The molecule has 2 N–H and O–H groups in total. The van der Waals surface area contributed by atoms with Gasteiger partial charge in [-0.05, 0) is 37.6 Å². The van der Waals surface area contributed by atoms with E-state index in [2.05, 4.69) is 4.90 Å². The molecule has 1 aromatic carbocycles. The van der Waals surface area contributed by atoms with Crippen LogP contribution in [0.5, 0.6) is 0 Å². The van der Waals surface area contributed by atoms with Crippen LogP contribution in [0.15, 0.2) is 34.7 Å². The monoisotopic (exact) mass is 363 g/mol. The average molecular weight is 364 g/mol. The van der Waals surface area contributed by atoms with E-state index in [1.165, 1.54) is 12.1 Å². The third-order valence-corrected chi connectivity index (χ3v) is 4.69. The predicted molar refractivity (Wildman–Crippen MR) is 93.0 cm³/mol. The van der Waals surface area contributed by atoms with Gasteiger partial charge in [0.15, 0.2) is 0 Å². The molecule has 0 spiro atoms. The van der Waals surface area contributed by atoms with Crippen LogP contribution in [-0.2, 0) is 11.3 Å². The first kappa shape index (κ1) is 17.4. The molecule has 1 aliphatic heterocycles. The number of piperidine rings is 1. The number of nitro groups is 1. The van der Waals surface area contributed by atoms with Crippen LogP contribution in [0, 0.1) is 16.0 Å². The number of hydrogen-bond acceptors (Lipinski definition) is 5. The smallest absolute Gasteiger partial charge is 0.270 e. The molecule has 0 aliphatic carbocycles. The van der Waals surface area contributed by atoms with Crippen LogP contribution in [0.25, 0.3) is 11.3 Å². The van der Waals surface area contributed by atoms with E-state index in [4.69, 9.17) is 21.8 Å². The van der Waals surface area contributed by atoms with E-state index in [0.29, 0.717) is 24.4 Å². The number of hydrogen-bond donors (Lipinski definition) is 1. The first-order valence-electron chi connectivity index (χ1n) is 7.98. The van der Waals surface area contributed by atoms with E-state index in [-0.39, 0.29) is 22.5 Å². The Balaban J connectivity index is 1.72. The lowest BCUT2D eigenvalue weighted by Gasteiger charge is -2.30. The first-order chi connectivity index (χ1) is 11.9. The van der Waals surface area contributed by atoms with Gasteiger partial charge < -0.3 is 10.2 Å². The molecule has 8 heteroatoms. The zero-order valence-corrected chi connectivity index (χ0v) is 14.2. The van der Waals surface area contributed by atoms with Crippen molar-refractivity contribution >= 4 is 23.2 Å². The fourth-order valence-electron chi connectivity index (χ4n) is 3.08. The second-order valence-corrected chi connectivity index (χ2v) is 6.57. The summed E-state index contributed by atoms with van der Waals surface area (Å²) in [5.41, 5.74) is 5.94. The Hall–Kier alpha value is -2.38. The normalized spacial score (nSPS) is 18.2. The lowest BCUT2D eigenvalue weighted by molar-refractivity contribution is -0.384. The number of benzene rings is 1. The molecule has 1 fully saturated rings. The number of halogens is 1. The summed E-state index contributed by atoms with van der Waals surface area (Å²) in [5.74, 6) is 0.919. The summed E-state index contributed by atoms with van der Waals surface area (Å²) >= 11 is 6.14. The van der Waals surface area contributed by atoms with E-state index in [0.717, 1.165) is 25.1 Å². The highest BCUT2D eigenvalue weighted by molar-refractivity contribution is 6.33. The average Bonchev–Trinajstić information content (AvgIpc) is 3.03. The molecular weight excluding hydrogens is 346 g/mol. The predicted octanol–water partition coefficient (Wildman–Crippen LogP) is 3.21. The molecular formula is C17H18ClN3O4. The summed E-state index contributed by atoms with van der Waals surface area (Å²) in [6, 6.07) is 7.92. The van der Waals surface area contributed by atoms with Crippen molar-refractivity contribution in [1.29, 1.82) is 0 Å². The topological polar surface area (TPSA) is 103 Å². The van der Waals surface area contributed by atoms with Gasteiger partial charge in [-0.1, -0.05) is 11.6 Å². The van der Waals surface area contributed by atoms with Gasteiger partial charge >= 0.3 is 0 Å². The van der Waals surface area contributed by atoms with Crippen LogP contribution in [0.2, 0.25) is 5.02 Å². The third-order valence-electron chi connectivity index (χ3n) is 4.38. The molecule has 25 heavy (non-hydrogen) atoms. The quantitative estimate of drug-likeness (QED) is 0.649. The van der Waals surface area contributed by atoms with E-state index >= 15 is 0 Å². The molecule has 0 bridgehead atoms. The Kier molecular flexibility index (Phi) is 5.06. The van der Waals surface area contributed by atoms with Crippen molar-refractivity contribution in [1.82, 2.24) is 4.90 Å².